The van der Waals surface area contributed by atoms with E-state index in [1.54, 1.807) is 7.11 Å². The topological polar surface area (TPSA) is 33.3 Å². The maximum absolute atomic E-state index is 5.30. The summed E-state index contributed by atoms with van der Waals surface area (Å²) in [7, 11) is 1.66. The molecule has 0 bridgehead atoms. The molecule has 0 radical (unpaired) electrons. The lowest BCUT2D eigenvalue weighted by Crippen LogP contribution is -2.29. The summed E-state index contributed by atoms with van der Waals surface area (Å²) in [6, 6.07) is 18.3. The summed E-state index contributed by atoms with van der Waals surface area (Å²) in [4.78, 5) is 0. The van der Waals surface area contributed by atoms with E-state index in [-0.39, 0.29) is 0 Å². The van der Waals surface area contributed by atoms with E-state index < -0.39 is 0 Å². The molecule has 0 unspecified atom stereocenters. The van der Waals surface area contributed by atoms with Crippen molar-refractivity contribution >= 4 is 34.8 Å². The highest BCUT2D eigenvalue weighted by Gasteiger charge is 1.99. The molecule has 0 spiro atoms. The minimum absolute atomic E-state index is 0.645. The van der Waals surface area contributed by atoms with E-state index >= 15 is 0 Å². The Morgan fingerprint density at radius 2 is 1.96 bits per heavy atom. The molecule has 2 rings (SSSR count). The van der Waals surface area contributed by atoms with Crippen molar-refractivity contribution in [1.29, 1.82) is 0 Å². The smallest absolute Gasteiger partial charge is 0.170 e. The Morgan fingerprint density at radius 3 is 2.74 bits per heavy atom. The SMILES string of the molecule is COc1cccc(NC(=S)NCCCSCc2ccccc2)c1. The Kier molecular flexibility index (Phi) is 7.77. The molecule has 0 amide bonds. The van der Waals surface area contributed by atoms with Crippen LogP contribution in [0.3, 0.4) is 0 Å². The van der Waals surface area contributed by atoms with Crippen LogP contribution in [0.2, 0.25) is 0 Å². The fraction of sp³-hybridized carbons (Fsp3) is 0.278. The van der Waals surface area contributed by atoms with Crippen molar-refractivity contribution in [2.45, 2.75) is 12.2 Å². The second kappa shape index (κ2) is 10.1. The van der Waals surface area contributed by atoms with Gasteiger partial charge < -0.3 is 15.4 Å². The van der Waals surface area contributed by atoms with Crippen LogP contribution in [-0.4, -0.2) is 24.5 Å². The Hall–Kier alpha value is -1.72. The summed E-state index contributed by atoms with van der Waals surface area (Å²) in [6.45, 7) is 0.873. The van der Waals surface area contributed by atoms with E-state index in [9.17, 15) is 0 Å². The fourth-order valence-electron chi connectivity index (χ4n) is 2.02. The third-order valence-electron chi connectivity index (χ3n) is 3.19. The molecule has 2 N–H and O–H groups in total. The van der Waals surface area contributed by atoms with Gasteiger partial charge in [0.05, 0.1) is 7.11 Å². The van der Waals surface area contributed by atoms with E-state index in [2.05, 4.69) is 34.9 Å². The molecule has 3 nitrogen and oxygen atoms in total. The van der Waals surface area contributed by atoms with Gasteiger partial charge in [-0.1, -0.05) is 36.4 Å². The predicted octanol–water partition coefficient (Wildman–Crippen LogP) is 4.31. The molecule has 0 fully saturated rings. The second-order valence-corrected chi connectivity index (χ2v) is 6.52. The highest BCUT2D eigenvalue weighted by molar-refractivity contribution is 7.98. The van der Waals surface area contributed by atoms with Gasteiger partial charge in [-0.2, -0.15) is 11.8 Å². The lowest BCUT2D eigenvalue weighted by atomic mass is 10.2. The summed E-state index contributed by atoms with van der Waals surface area (Å²) >= 11 is 7.25. The van der Waals surface area contributed by atoms with E-state index in [4.69, 9.17) is 17.0 Å². The monoisotopic (exact) mass is 346 g/mol. The molecule has 0 saturated carbocycles. The van der Waals surface area contributed by atoms with Gasteiger partial charge in [0, 0.05) is 24.1 Å². The molecule has 0 aliphatic heterocycles. The Balaban J connectivity index is 1.58. The van der Waals surface area contributed by atoms with E-state index in [1.807, 2.05) is 42.1 Å². The number of nitrogens with one attached hydrogen (secondary N) is 2. The molecule has 2 aromatic carbocycles. The van der Waals surface area contributed by atoms with E-state index in [0.717, 1.165) is 35.9 Å². The first kappa shape index (κ1) is 17.6. The van der Waals surface area contributed by atoms with Gasteiger partial charge in [-0.05, 0) is 42.1 Å². The van der Waals surface area contributed by atoms with Crippen LogP contribution in [0.1, 0.15) is 12.0 Å². The Labute approximate surface area is 147 Å². The van der Waals surface area contributed by atoms with Crippen molar-refractivity contribution in [3.8, 4) is 5.75 Å². The first-order valence-electron chi connectivity index (χ1n) is 7.58. The van der Waals surface area contributed by atoms with Crippen molar-refractivity contribution < 1.29 is 4.74 Å². The van der Waals surface area contributed by atoms with Crippen molar-refractivity contribution in [3.05, 3.63) is 60.2 Å². The third kappa shape index (κ3) is 6.93. The lowest BCUT2D eigenvalue weighted by Gasteiger charge is -2.11. The minimum atomic E-state index is 0.645. The number of hydrogen-bond donors (Lipinski definition) is 2. The number of ether oxygens (including phenoxy) is 1. The standard InChI is InChI=1S/C18H22N2OS2/c1-21-17-10-5-9-16(13-17)20-18(22)19-11-6-12-23-14-15-7-3-2-4-8-15/h2-5,7-10,13H,6,11-12,14H2,1H3,(H2,19,20,22). The number of hydrogen-bond acceptors (Lipinski definition) is 3. The minimum Gasteiger partial charge on any atom is -0.497 e. The van der Waals surface area contributed by atoms with Crippen molar-refractivity contribution in [2.75, 3.05) is 24.7 Å². The van der Waals surface area contributed by atoms with Gasteiger partial charge in [-0.25, -0.2) is 0 Å². The quantitative estimate of drug-likeness (QED) is 0.550. The van der Waals surface area contributed by atoms with Crippen LogP contribution in [0.15, 0.2) is 54.6 Å². The number of rotatable bonds is 8. The van der Waals surface area contributed by atoms with Gasteiger partial charge in [0.2, 0.25) is 0 Å². The largest absolute Gasteiger partial charge is 0.497 e. The third-order valence-corrected chi connectivity index (χ3v) is 4.55. The second-order valence-electron chi connectivity index (χ2n) is 5.00. The van der Waals surface area contributed by atoms with Crippen LogP contribution >= 0.6 is 24.0 Å². The van der Waals surface area contributed by atoms with Crippen LogP contribution in [0, 0.1) is 0 Å². The average Bonchev–Trinajstić information content (AvgIpc) is 2.59. The van der Waals surface area contributed by atoms with E-state index in [1.165, 1.54) is 5.56 Å². The summed E-state index contributed by atoms with van der Waals surface area (Å²) in [6.07, 6.45) is 1.08. The van der Waals surface area contributed by atoms with Crippen LogP contribution in [0.5, 0.6) is 5.75 Å². The molecule has 0 aromatic heterocycles. The van der Waals surface area contributed by atoms with Gasteiger partial charge in [0.25, 0.3) is 0 Å². The first-order chi connectivity index (χ1) is 11.3. The van der Waals surface area contributed by atoms with Gasteiger partial charge in [-0.15, -0.1) is 0 Å². The zero-order valence-corrected chi connectivity index (χ0v) is 14.9. The molecule has 0 aliphatic rings. The van der Waals surface area contributed by atoms with Crippen molar-refractivity contribution in [3.63, 3.8) is 0 Å². The van der Waals surface area contributed by atoms with Gasteiger partial charge >= 0.3 is 0 Å². The summed E-state index contributed by atoms with van der Waals surface area (Å²) in [5.74, 6) is 2.99. The maximum Gasteiger partial charge on any atom is 0.170 e. The van der Waals surface area contributed by atoms with Crippen LogP contribution in [0.4, 0.5) is 5.69 Å². The first-order valence-corrected chi connectivity index (χ1v) is 9.15. The fourth-order valence-corrected chi connectivity index (χ4v) is 3.16. The van der Waals surface area contributed by atoms with Crippen molar-refractivity contribution in [1.82, 2.24) is 5.32 Å². The van der Waals surface area contributed by atoms with Gasteiger partial charge in [0.1, 0.15) is 5.75 Å². The normalized spacial score (nSPS) is 10.1. The Bertz CT molecular complexity index is 605. The Morgan fingerprint density at radius 1 is 1.13 bits per heavy atom. The summed E-state index contributed by atoms with van der Waals surface area (Å²) < 4.78 is 5.19. The van der Waals surface area contributed by atoms with Crippen LogP contribution in [-0.2, 0) is 5.75 Å². The van der Waals surface area contributed by atoms with Crippen LogP contribution in [0.25, 0.3) is 0 Å². The molecular formula is C18H22N2OS2. The molecule has 0 aliphatic carbocycles. The van der Waals surface area contributed by atoms with Crippen LogP contribution < -0.4 is 15.4 Å². The molecule has 0 atom stereocenters. The maximum atomic E-state index is 5.30. The molecule has 122 valence electrons. The summed E-state index contributed by atoms with van der Waals surface area (Å²) in [5.41, 5.74) is 2.31. The molecular weight excluding hydrogens is 324 g/mol. The average molecular weight is 347 g/mol. The van der Waals surface area contributed by atoms with Crippen molar-refractivity contribution in [2.24, 2.45) is 0 Å². The molecule has 23 heavy (non-hydrogen) atoms. The zero-order chi connectivity index (χ0) is 16.3. The number of benzene rings is 2. The lowest BCUT2D eigenvalue weighted by molar-refractivity contribution is 0.415. The highest BCUT2D eigenvalue weighted by atomic mass is 32.2. The highest BCUT2D eigenvalue weighted by Crippen LogP contribution is 2.16. The summed E-state index contributed by atoms with van der Waals surface area (Å²) in [5, 5.41) is 7.05. The predicted molar refractivity (Wildman–Crippen MR) is 104 cm³/mol. The molecule has 0 heterocycles. The molecule has 5 heteroatoms. The molecule has 0 saturated heterocycles. The van der Waals surface area contributed by atoms with Gasteiger partial charge in [-0.3, -0.25) is 0 Å². The number of thiocarbonyl (C=S) groups is 1. The zero-order valence-electron chi connectivity index (χ0n) is 13.2. The van der Waals surface area contributed by atoms with E-state index in [0.29, 0.717) is 5.11 Å². The number of methoxy groups -OCH3 is 1. The number of thioether (sulfide) groups is 1. The molecule has 2 aromatic rings. The number of anilines is 1. The van der Waals surface area contributed by atoms with Gasteiger partial charge in [0.15, 0.2) is 5.11 Å².